The lowest BCUT2D eigenvalue weighted by atomic mass is 10.0. The largest absolute Gasteiger partial charge is 0.497 e. The van der Waals surface area contributed by atoms with Gasteiger partial charge in [0.1, 0.15) is 18.0 Å². The van der Waals surface area contributed by atoms with Gasteiger partial charge in [0.05, 0.1) is 35.8 Å². The second kappa shape index (κ2) is 12.0. The van der Waals surface area contributed by atoms with Crippen LogP contribution in [-0.2, 0) is 14.8 Å². The van der Waals surface area contributed by atoms with Gasteiger partial charge in [0.2, 0.25) is 5.91 Å². The molecule has 0 bridgehead atoms. The van der Waals surface area contributed by atoms with Crippen LogP contribution in [0.5, 0.6) is 11.5 Å². The Morgan fingerprint density at radius 1 is 1.00 bits per heavy atom. The molecule has 0 aliphatic heterocycles. The molecule has 1 atom stereocenters. The van der Waals surface area contributed by atoms with Crippen molar-refractivity contribution in [3.05, 3.63) is 87.5 Å². The van der Waals surface area contributed by atoms with Crippen LogP contribution < -0.4 is 19.1 Å². The van der Waals surface area contributed by atoms with Crippen LogP contribution in [0.25, 0.3) is 0 Å². The predicted molar refractivity (Wildman–Crippen MR) is 144 cm³/mol. The molecule has 10 nitrogen and oxygen atoms in total. The van der Waals surface area contributed by atoms with Crippen LogP contribution in [-0.4, -0.2) is 40.0 Å². The minimum absolute atomic E-state index is 0.206. The maximum absolute atomic E-state index is 13.7. The minimum atomic E-state index is -4.35. The van der Waals surface area contributed by atoms with E-state index in [1.165, 1.54) is 38.3 Å². The van der Waals surface area contributed by atoms with Crippen molar-refractivity contribution in [2.45, 2.75) is 38.1 Å². The summed E-state index contributed by atoms with van der Waals surface area (Å²) in [5.41, 5.74) is 1.96. The number of nitrogens with zero attached hydrogens (tertiary/aromatic N) is 2. The monoisotopic (exact) mass is 541 g/mol. The van der Waals surface area contributed by atoms with E-state index >= 15 is 0 Å². The van der Waals surface area contributed by atoms with E-state index in [2.05, 4.69) is 5.32 Å². The summed E-state index contributed by atoms with van der Waals surface area (Å²) in [4.78, 5) is 23.8. The fourth-order valence-corrected chi connectivity index (χ4v) is 5.49. The van der Waals surface area contributed by atoms with Gasteiger partial charge in [-0.3, -0.25) is 19.2 Å². The molecule has 38 heavy (non-hydrogen) atoms. The molecule has 0 saturated carbocycles. The molecule has 0 radical (unpaired) electrons. The van der Waals surface area contributed by atoms with Crippen molar-refractivity contribution in [3.8, 4) is 11.5 Å². The number of sulfonamides is 1. The van der Waals surface area contributed by atoms with Gasteiger partial charge in [-0.15, -0.1) is 0 Å². The molecular formula is C27H31N3O7S. The molecule has 1 amide bonds. The van der Waals surface area contributed by atoms with Crippen molar-refractivity contribution in [2.24, 2.45) is 0 Å². The van der Waals surface area contributed by atoms with Crippen LogP contribution in [0.15, 0.2) is 65.6 Å². The van der Waals surface area contributed by atoms with Crippen molar-refractivity contribution in [1.29, 1.82) is 0 Å². The van der Waals surface area contributed by atoms with Crippen molar-refractivity contribution < 1.29 is 27.6 Å². The van der Waals surface area contributed by atoms with Crippen LogP contribution >= 0.6 is 0 Å². The smallest absolute Gasteiger partial charge is 0.273 e. The molecule has 0 aliphatic carbocycles. The predicted octanol–water partition coefficient (Wildman–Crippen LogP) is 4.69. The Morgan fingerprint density at radius 3 is 2.24 bits per heavy atom. The molecule has 0 aliphatic rings. The second-order valence-corrected chi connectivity index (χ2v) is 10.5. The number of carbonyl (C=O) groups excluding carboxylic acids is 1. The first kappa shape index (κ1) is 28.5. The molecule has 0 unspecified atom stereocenters. The van der Waals surface area contributed by atoms with Gasteiger partial charge in [0, 0.05) is 11.6 Å². The van der Waals surface area contributed by atoms with Crippen LogP contribution in [0.1, 0.15) is 36.1 Å². The molecule has 1 N–H and O–H groups in total. The molecule has 0 spiro atoms. The van der Waals surface area contributed by atoms with E-state index in [1.807, 2.05) is 32.0 Å². The van der Waals surface area contributed by atoms with E-state index in [4.69, 9.17) is 9.47 Å². The Morgan fingerprint density at radius 2 is 1.68 bits per heavy atom. The Hall–Kier alpha value is -4.12. The van der Waals surface area contributed by atoms with Crippen molar-refractivity contribution >= 4 is 27.3 Å². The number of nitro benzene ring substituents is 1. The highest BCUT2D eigenvalue weighted by Gasteiger charge is 2.30. The Kier molecular flexibility index (Phi) is 8.95. The molecular weight excluding hydrogens is 510 g/mol. The van der Waals surface area contributed by atoms with E-state index in [0.29, 0.717) is 17.7 Å². The van der Waals surface area contributed by atoms with E-state index in [0.717, 1.165) is 27.2 Å². The van der Waals surface area contributed by atoms with E-state index in [1.54, 1.807) is 19.2 Å². The van der Waals surface area contributed by atoms with Gasteiger partial charge in [0.25, 0.3) is 15.7 Å². The summed E-state index contributed by atoms with van der Waals surface area (Å²) in [5, 5.41) is 14.4. The third kappa shape index (κ3) is 6.23. The fourth-order valence-electron chi connectivity index (χ4n) is 4.05. The molecule has 0 fully saturated rings. The van der Waals surface area contributed by atoms with Gasteiger partial charge in [-0.1, -0.05) is 25.1 Å². The highest BCUT2D eigenvalue weighted by atomic mass is 32.2. The number of aryl methyl sites for hydroxylation is 2. The van der Waals surface area contributed by atoms with Gasteiger partial charge in [-0.25, -0.2) is 8.42 Å². The number of nitrogens with one attached hydrogen (secondary N) is 1. The minimum Gasteiger partial charge on any atom is -0.497 e. The molecule has 3 aromatic carbocycles. The number of hydrogen-bond acceptors (Lipinski definition) is 7. The Bertz CT molecular complexity index is 1420. The van der Waals surface area contributed by atoms with Crippen molar-refractivity contribution in [3.63, 3.8) is 0 Å². The van der Waals surface area contributed by atoms with Crippen LogP contribution in [0, 0.1) is 24.0 Å². The Labute approximate surface area is 222 Å². The quantitative estimate of drug-likeness (QED) is 0.275. The zero-order valence-corrected chi connectivity index (χ0v) is 22.7. The second-order valence-electron chi connectivity index (χ2n) is 8.67. The summed E-state index contributed by atoms with van der Waals surface area (Å²) in [6.07, 6.45) is 0.566. The maximum atomic E-state index is 13.7. The molecule has 3 rings (SSSR count). The Balaban J connectivity index is 1.97. The normalized spacial score (nSPS) is 11.9. The highest BCUT2D eigenvalue weighted by Crippen LogP contribution is 2.29. The number of methoxy groups -OCH3 is 2. The summed E-state index contributed by atoms with van der Waals surface area (Å²) >= 11 is 0. The molecule has 0 saturated heterocycles. The summed E-state index contributed by atoms with van der Waals surface area (Å²) in [6, 6.07) is 15.1. The van der Waals surface area contributed by atoms with Crippen molar-refractivity contribution in [2.75, 3.05) is 25.1 Å². The summed E-state index contributed by atoms with van der Waals surface area (Å²) < 4.78 is 38.9. The first-order valence-corrected chi connectivity index (χ1v) is 13.3. The number of carbonyl (C=O) groups is 1. The number of hydrogen-bond donors (Lipinski definition) is 1. The van der Waals surface area contributed by atoms with Crippen LogP contribution in [0.3, 0.4) is 0 Å². The van der Waals surface area contributed by atoms with Gasteiger partial charge in [-0.05, 0) is 67.8 Å². The van der Waals surface area contributed by atoms with E-state index in [9.17, 15) is 23.3 Å². The van der Waals surface area contributed by atoms with Gasteiger partial charge in [0.15, 0.2) is 0 Å². The van der Waals surface area contributed by atoms with Crippen LogP contribution in [0.4, 0.5) is 11.4 Å². The third-order valence-electron chi connectivity index (χ3n) is 6.18. The zero-order chi connectivity index (χ0) is 28.0. The molecule has 202 valence electrons. The van der Waals surface area contributed by atoms with Crippen LogP contribution in [0.2, 0.25) is 0 Å². The molecule has 0 aromatic heterocycles. The maximum Gasteiger partial charge on any atom is 0.273 e. The lowest BCUT2D eigenvalue weighted by Crippen LogP contribution is -2.42. The summed E-state index contributed by atoms with van der Waals surface area (Å²) in [5.74, 6) is 0.688. The first-order chi connectivity index (χ1) is 18.0. The number of rotatable bonds is 11. The lowest BCUT2D eigenvalue weighted by Gasteiger charge is -2.26. The lowest BCUT2D eigenvalue weighted by molar-refractivity contribution is -0.385. The first-order valence-electron chi connectivity index (χ1n) is 11.9. The SMILES string of the molecule is CC[C@H](NC(=O)CN(c1ccc(OC)cc1)S(=O)(=O)c1ccc(C)c([N+](=O)[O-])c1)c1ccc(OC)c(C)c1. The van der Waals surface area contributed by atoms with Gasteiger partial charge < -0.3 is 14.8 Å². The zero-order valence-electron chi connectivity index (χ0n) is 21.9. The molecule has 0 heterocycles. The summed E-state index contributed by atoms with van der Waals surface area (Å²) in [6.45, 7) is 4.79. The third-order valence-corrected chi connectivity index (χ3v) is 7.95. The van der Waals surface area contributed by atoms with Gasteiger partial charge in [-0.2, -0.15) is 0 Å². The highest BCUT2D eigenvalue weighted by molar-refractivity contribution is 7.92. The summed E-state index contributed by atoms with van der Waals surface area (Å²) in [7, 11) is -1.29. The van der Waals surface area contributed by atoms with Gasteiger partial charge >= 0.3 is 0 Å². The number of ether oxygens (including phenoxy) is 2. The number of anilines is 1. The average Bonchev–Trinajstić information content (AvgIpc) is 2.90. The number of amides is 1. The van der Waals surface area contributed by atoms with Crippen molar-refractivity contribution in [1.82, 2.24) is 5.32 Å². The standard InChI is InChI=1S/C27H31N3O7S/c1-6-24(20-8-14-26(37-5)19(3)15-20)28-27(31)17-29(21-9-11-22(36-4)12-10-21)38(34,35)23-13-7-18(2)25(16-23)30(32)33/h7-16,24H,6,17H2,1-5H3,(H,28,31)/t24-/m0/s1. The number of benzene rings is 3. The fraction of sp³-hybridized carbons (Fsp3) is 0.296. The molecule has 3 aromatic rings. The van der Waals surface area contributed by atoms with E-state index in [-0.39, 0.29) is 22.3 Å². The van der Waals surface area contributed by atoms with E-state index < -0.39 is 27.4 Å². The molecule has 11 heteroatoms. The average molecular weight is 542 g/mol. The topological polar surface area (TPSA) is 128 Å². The number of nitro groups is 1.